The van der Waals surface area contributed by atoms with E-state index in [1.807, 2.05) is 6.92 Å². The number of nitrogens with two attached hydrogens (primary N) is 1. The van der Waals surface area contributed by atoms with Crippen LogP contribution < -0.4 is 5.73 Å². The molecule has 0 bridgehead atoms. The molecule has 1 heterocycles. The number of hydrogen-bond donors (Lipinski definition) is 1. The third-order valence-electron chi connectivity index (χ3n) is 1.23. The van der Waals surface area contributed by atoms with Gasteiger partial charge in [0.1, 0.15) is 4.34 Å². The van der Waals surface area contributed by atoms with Gasteiger partial charge in [-0.1, -0.05) is 18.7 Å². The maximum Gasteiger partial charge on any atom is 0.150 e. The zero-order valence-electron chi connectivity index (χ0n) is 6.70. The van der Waals surface area contributed by atoms with Crippen LogP contribution in [0.15, 0.2) is 9.72 Å². The predicted molar refractivity (Wildman–Crippen MR) is 51.2 cm³/mol. The lowest BCUT2D eigenvalue weighted by molar-refractivity contribution is 0.948. The van der Waals surface area contributed by atoms with E-state index in [1.54, 1.807) is 23.1 Å². The molecule has 0 spiro atoms. The van der Waals surface area contributed by atoms with E-state index in [0.29, 0.717) is 11.8 Å². The highest BCUT2D eigenvalue weighted by Crippen LogP contribution is 2.25. The molecule has 1 unspecified atom stereocenters. The molecule has 11 heavy (non-hydrogen) atoms. The fraction of sp³-hybridized carbons (Fsp3) is 0.571. The van der Waals surface area contributed by atoms with E-state index in [2.05, 4.69) is 17.3 Å². The number of aryl methyl sites for hydroxylation is 1. The van der Waals surface area contributed by atoms with Gasteiger partial charge in [-0.2, -0.15) is 0 Å². The number of thiazole rings is 1. The summed E-state index contributed by atoms with van der Waals surface area (Å²) in [6.45, 7) is 4.83. The van der Waals surface area contributed by atoms with E-state index >= 15 is 0 Å². The maximum atomic E-state index is 5.48. The topological polar surface area (TPSA) is 38.9 Å². The van der Waals surface area contributed by atoms with Crippen LogP contribution in [0.3, 0.4) is 0 Å². The molecule has 0 fully saturated rings. The zero-order chi connectivity index (χ0) is 8.27. The molecule has 0 aliphatic carbocycles. The molecular weight excluding hydrogens is 176 g/mol. The summed E-state index contributed by atoms with van der Waals surface area (Å²) in [4.78, 5) is 4.32. The Bertz CT molecular complexity index is 222. The first-order valence-electron chi connectivity index (χ1n) is 3.51. The van der Waals surface area contributed by atoms with E-state index in [0.717, 1.165) is 10.0 Å². The molecule has 0 radical (unpaired) electrons. The molecule has 1 aromatic rings. The van der Waals surface area contributed by atoms with Crippen LogP contribution in [-0.4, -0.2) is 16.8 Å². The predicted octanol–water partition coefficient (Wildman–Crippen LogP) is 1.89. The normalized spacial score (nSPS) is 13.4. The number of thioether (sulfide) groups is 1. The highest BCUT2D eigenvalue weighted by atomic mass is 32.2. The summed E-state index contributed by atoms with van der Waals surface area (Å²) in [7, 11) is 0. The first-order valence-corrected chi connectivity index (χ1v) is 5.27. The fourth-order valence-electron chi connectivity index (χ4n) is 0.607. The van der Waals surface area contributed by atoms with Crippen LogP contribution in [0.4, 0.5) is 0 Å². The van der Waals surface area contributed by atoms with Crippen LogP contribution in [-0.2, 0) is 0 Å². The molecule has 0 aliphatic rings. The third kappa shape index (κ3) is 2.81. The second kappa shape index (κ2) is 4.09. The van der Waals surface area contributed by atoms with Crippen molar-refractivity contribution >= 4 is 23.1 Å². The summed E-state index contributed by atoms with van der Waals surface area (Å²) in [6, 6.07) is 0. The average molecular weight is 188 g/mol. The summed E-state index contributed by atoms with van der Waals surface area (Å²) in [6.07, 6.45) is 0. The minimum Gasteiger partial charge on any atom is -0.329 e. The van der Waals surface area contributed by atoms with Gasteiger partial charge in [0, 0.05) is 22.9 Å². The zero-order valence-corrected chi connectivity index (χ0v) is 8.34. The molecule has 2 nitrogen and oxygen atoms in total. The van der Waals surface area contributed by atoms with Gasteiger partial charge >= 0.3 is 0 Å². The van der Waals surface area contributed by atoms with Gasteiger partial charge in [-0.15, -0.1) is 11.3 Å². The molecule has 1 atom stereocenters. The number of nitrogens with zero attached hydrogens (tertiary/aromatic N) is 1. The standard InChI is InChI=1S/C7H12N2S2/c1-5-4-10-7(9-5)11-6(2)3-8/h4,6H,3,8H2,1-2H3. The molecule has 2 N–H and O–H groups in total. The van der Waals surface area contributed by atoms with Gasteiger partial charge in [0.05, 0.1) is 0 Å². The van der Waals surface area contributed by atoms with Crippen molar-refractivity contribution in [1.82, 2.24) is 4.98 Å². The summed E-state index contributed by atoms with van der Waals surface area (Å²) in [5.74, 6) is 0. The Balaban J connectivity index is 2.50. The Morgan fingerprint density at radius 1 is 1.82 bits per heavy atom. The number of rotatable bonds is 3. The molecule has 0 saturated carbocycles. The summed E-state index contributed by atoms with van der Waals surface area (Å²) in [5, 5.41) is 2.53. The largest absolute Gasteiger partial charge is 0.329 e. The van der Waals surface area contributed by atoms with Crippen LogP contribution >= 0.6 is 23.1 Å². The van der Waals surface area contributed by atoms with E-state index in [-0.39, 0.29) is 0 Å². The number of hydrogen-bond acceptors (Lipinski definition) is 4. The maximum absolute atomic E-state index is 5.48. The molecule has 1 rings (SSSR count). The minimum absolute atomic E-state index is 0.473. The van der Waals surface area contributed by atoms with Crippen molar-refractivity contribution in [3.8, 4) is 0 Å². The fourth-order valence-corrected chi connectivity index (χ4v) is 2.62. The SMILES string of the molecule is Cc1csc(SC(C)CN)n1. The van der Waals surface area contributed by atoms with E-state index in [9.17, 15) is 0 Å². The molecule has 0 aromatic carbocycles. The molecular formula is C7H12N2S2. The van der Waals surface area contributed by atoms with Gasteiger partial charge in [0.15, 0.2) is 0 Å². The summed E-state index contributed by atoms with van der Waals surface area (Å²) in [5.41, 5.74) is 6.58. The van der Waals surface area contributed by atoms with Crippen molar-refractivity contribution < 1.29 is 0 Å². The van der Waals surface area contributed by atoms with Crippen molar-refractivity contribution in [2.45, 2.75) is 23.4 Å². The van der Waals surface area contributed by atoms with E-state index in [4.69, 9.17) is 5.73 Å². The first-order chi connectivity index (χ1) is 5.22. The van der Waals surface area contributed by atoms with Crippen LogP contribution in [0, 0.1) is 6.92 Å². The Kier molecular flexibility index (Phi) is 3.36. The first kappa shape index (κ1) is 9.03. The average Bonchev–Trinajstić information content (AvgIpc) is 2.35. The molecule has 0 aliphatic heterocycles. The van der Waals surface area contributed by atoms with Crippen LogP contribution in [0.2, 0.25) is 0 Å². The lowest BCUT2D eigenvalue weighted by Gasteiger charge is -2.02. The van der Waals surface area contributed by atoms with Crippen molar-refractivity contribution in [2.24, 2.45) is 5.73 Å². The highest BCUT2D eigenvalue weighted by Gasteiger charge is 2.04. The van der Waals surface area contributed by atoms with Gasteiger partial charge in [0.2, 0.25) is 0 Å². The van der Waals surface area contributed by atoms with Gasteiger partial charge < -0.3 is 5.73 Å². The quantitative estimate of drug-likeness (QED) is 0.736. The minimum atomic E-state index is 0.473. The van der Waals surface area contributed by atoms with Gasteiger partial charge in [-0.05, 0) is 6.92 Å². The van der Waals surface area contributed by atoms with E-state index in [1.165, 1.54) is 0 Å². The summed E-state index contributed by atoms with van der Waals surface area (Å²) < 4.78 is 1.13. The van der Waals surface area contributed by atoms with Crippen molar-refractivity contribution in [3.05, 3.63) is 11.1 Å². The Labute approximate surface area is 75.2 Å². The van der Waals surface area contributed by atoms with Crippen molar-refractivity contribution in [1.29, 1.82) is 0 Å². The smallest absolute Gasteiger partial charge is 0.150 e. The van der Waals surface area contributed by atoms with Gasteiger partial charge in [-0.3, -0.25) is 0 Å². The Morgan fingerprint density at radius 3 is 3.00 bits per heavy atom. The molecule has 1 aromatic heterocycles. The van der Waals surface area contributed by atoms with Gasteiger partial charge in [-0.25, -0.2) is 4.98 Å². The lowest BCUT2D eigenvalue weighted by Crippen LogP contribution is -2.11. The highest BCUT2D eigenvalue weighted by molar-refractivity contribution is 8.01. The van der Waals surface area contributed by atoms with Crippen LogP contribution in [0.1, 0.15) is 12.6 Å². The second-order valence-corrected chi connectivity index (χ2v) is 4.96. The molecule has 0 saturated heterocycles. The number of aromatic nitrogens is 1. The molecule has 0 amide bonds. The van der Waals surface area contributed by atoms with Crippen LogP contribution in [0.5, 0.6) is 0 Å². The summed E-state index contributed by atoms with van der Waals surface area (Å²) >= 11 is 3.44. The van der Waals surface area contributed by atoms with E-state index < -0.39 is 0 Å². The lowest BCUT2D eigenvalue weighted by atomic mass is 10.5. The third-order valence-corrected chi connectivity index (χ3v) is 3.45. The molecule has 62 valence electrons. The Morgan fingerprint density at radius 2 is 2.55 bits per heavy atom. The Hall–Kier alpha value is -0.0600. The second-order valence-electron chi connectivity index (χ2n) is 2.42. The van der Waals surface area contributed by atoms with Crippen molar-refractivity contribution in [2.75, 3.05) is 6.54 Å². The van der Waals surface area contributed by atoms with Gasteiger partial charge in [0.25, 0.3) is 0 Å². The van der Waals surface area contributed by atoms with Crippen molar-refractivity contribution in [3.63, 3.8) is 0 Å². The monoisotopic (exact) mass is 188 g/mol. The van der Waals surface area contributed by atoms with Crippen LogP contribution in [0.25, 0.3) is 0 Å². The molecule has 4 heteroatoms.